The highest BCUT2D eigenvalue weighted by Crippen LogP contribution is 2.48. The Kier molecular flexibility index (Phi) is 8.47. The van der Waals surface area contributed by atoms with Crippen molar-refractivity contribution in [3.63, 3.8) is 0 Å². The molecule has 3 aromatic carbocycles. The molecule has 3 aromatic rings. The van der Waals surface area contributed by atoms with Crippen molar-refractivity contribution in [2.24, 2.45) is 16.6 Å². The van der Waals surface area contributed by atoms with Gasteiger partial charge in [-0.2, -0.15) is 4.90 Å². The van der Waals surface area contributed by atoms with Crippen LogP contribution in [0.15, 0.2) is 89.9 Å². The summed E-state index contributed by atoms with van der Waals surface area (Å²) in [6.45, 7) is 0. The molecule has 2 bridgehead atoms. The van der Waals surface area contributed by atoms with Crippen molar-refractivity contribution < 1.29 is 14.4 Å². The zero-order chi connectivity index (χ0) is 29.0. The zero-order valence-corrected chi connectivity index (χ0v) is 23.0. The van der Waals surface area contributed by atoms with Gasteiger partial charge in [-0.1, -0.05) is 78.9 Å². The second kappa shape index (κ2) is 12.0. The average Bonchev–Trinajstić information content (AvgIpc) is 2.93. The van der Waals surface area contributed by atoms with Crippen LogP contribution in [0.2, 0.25) is 0 Å². The van der Waals surface area contributed by atoms with E-state index in [9.17, 15) is 20.5 Å². The van der Waals surface area contributed by atoms with Gasteiger partial charge in [0.15, 0.2) is 0 Å². The number of aliphatic imine (C=N–C) groups is 1. The fourth-order valence-corrected chi connectivity index (χ4v) is 5.43. The number of nitro groups is 1. The fraction of sp³-hybridized carbons (Fsp3) is 0.300. The third-order valence-electron chi connectivity index (χ3n) is 7.33. The topological polar surface area (TPSA) is 137 Å². The van der Waals surface area contributed by atoms with Crippen LogP contribution >= 0.6 is 0 Å². The summed E-state index contributed by atoms with van der Waals surface area (Å²) in [4.78, 5) is 17.8. The minimum Gasteiger partial charge on any atom is -0.612 e. The van der Waals surface area contributed by atoms with E-state index in [-0.39, 0.29) is 5.71 Å². The lowest BCUT2D eigenvalue weighted by Crippen LogP contribution is -2.54. The van der Waals surface area contributed by atoms with Crippen molar-refractivity contribution >= 4 is 17.4 Å². The summed E-state index contributed by atoms with van der Waals surface area (Å²) in [5, 5.41) is 36.3. The molecule has 40 heavy (non-hydrogen) atoms. The molecular weight excluding hydrogens is 508 g/mol. The molecule has 4 atom stereocenters. The number of nitrogens with zero attached hydrogens (tertiary/aromatic N) is 5. The number of nitrogens with two attached hydrogens (primary N) is 1. The van der Waals surface area contributed by atoms with Crippen LogP contribution in [-0.4, -0.2) is 70.9 Å². The average molecular weight is 543 g/mol. The molecule has 0 fully saturated rings. The quantitative estimate of drug-likeness (QED) is 0.134. The van der Waals surface area contributed by atoms with Gasteiger partial charge < -0.3 is 15.3 Å². The lowest BCUT2D eigenvalue weighted by atomic mass is 9.66. The van der Waals surface area contributed by atoms with Crippen LogP contribution in [0.3, 0.4) is 0 Å². The molecule has 0 saturated heterocycles. The van der Waals surface area contributed by atoms with Crippen molar-refractivity contribution in [1.82, 2.24) is 4.90 Å². The van der Waals surface area contributed by atoms with Crippen molar-refractivity contribution in [2.75, 3.05) is 28.2 Å². The largest absolute Gasteiger partial charge is 0.612 e. The van der Waals surface area contributed by atoms with Gasteiger partial charge in [-0.05, 0) is 22.8 Å². The van der Waals surface area contributed by atoms with Gasteiger partial charge in [0.2, 0.25) is 11.5 Å². The Morgan fingerprint density at radius 2 is 1.48 bits per heavy atom. The van der Waals surface area contributed by atoms with E-state index in [0.717, 1.165) is 17.8 Å². The van der Waals surface area contributed by atoms with E-state index in [1.165, 1.54) is 5.56 Å². The molecular formula is C30H34N6O4. The first kappa shape index (κ1) is 28.3. The number of rotatable bonds is 4. The molecule has 4 unspecified atom stereocenters. The molecule has 1 aliphatic heterocycles. The van der Waals surface area contributed by atoms with Crippen molar-refractivity contribution in [3.8, 4) is 0 Å². The van der Waals surface area contributed by atoms with Gasteiger partial charge >= 0.3 is 0 Å². The maximum atomic E-state index is 12.1. The predicted molar refractivity (Wildman–Crippen MR) is 156 cm³/mol. The molecule has 1 aliphatic carbocycles. The Bertz CT molecular complexity index is 1450. The Morgan fingerprint density at radius 3 is 2.02 bits per heavy atom. The maximum Gasteiger partial charge on any atom is 0.253 e. The van der Waals surface area contributed by atoms with Gasteiger partial charge in [0, 0.05) is 24.6 Å². The number of likely N-dealkylation sites (N-methyl/N-ethyl adjacent to an activating group) is 1. The van der Waals surface area contributed by atoms with E-state index >= 15 is 0 Å². The van der Waals surface area contributed by atoms with E-state index < -0.39 is 33.7 Å². The summed E-state index contributed by atoms with van der Waals surface area (Å²) in [6.07, 6.45) is 0.827. The summed E-state index contributed by atoms with van der Waals surface area (Å²) < 4.78 is 1.94. The fourth-order valence-electron chi connectivity index (χ4n) is 5.43. The minimum absolute atomic E-state index is 0.100. The van der Waals surface area contributed by atoms with Crippen molar-refractivity contribution in [1.29, 1.82) is 0 Å². The van der Waals surface area contributed by atoms with Crippen molar-refractivity contribution in [2.45, 2.75) is 24.4 Å². The molecule has 2 N–H and O–H groups in total. The van der Waals surface area contributed by atoms with Crippen LogP contribution in [0.1, 0.15) is 34.2 Å². The number of fused-ring (bicyclic) bond motifs is 4. The van der Waals surface area contributed by atoms with Crippen LogP contribution in [0, 0.1) is 26.4 Å². The van der Waals surface area contributed by atoms with E-state index in [1.54, 1.807) is 29.2 Å². The van der Waals surface area contributed by atoms with Gasteiger partial charge in [0.1, 0.15) is 17.8 Å². The number of amidine groups is 2. The minimum atomic E-state index is -1.19. The van der Waals surface area contributed by atoms with Crippen LogP contribution in [0.4, 0.5) is 0 Å². The van der Waals surface area contributed by atoms with E-state index in [2.05, 4.69) is 12.1 Å². The monoisotopic (exact) mass is 542 g/mol. The smallest absolute Gasteiger partial charge is 0.253 e. The van der Waals surface area contributed by atoms with Crippen LogP contribution in [-0.2, 0) is 6.42 Å². The van der Waals surface area contributed by atoms with E-state index in [1.807, 2.05) is 81.3 Å². The highest BCUT2D eigenvalue weighted by molar-refractivity contribution is 6.07. The highest BCUT2D eigenvalue weighted by atomic mass is 16.8. The molecule has 0 radical (unpaired) electrons. The molecule has 0 spiro atoms. The second-order valence-electron chi connectivity index (χ2n) is 10.3. The van der Waals surface area contributed by atoms with Crippen LogP contribution < -0.4 is 5.73 Å². The summed E-state index contributed by atoms with van der Waals surface area (Å²) in [5.41, 5.74) is 8.71. The standard InChI is InChI=1S/C20H19N4O4.C10H14N2/c1-22(2)20-15(12-8-4-3-5-9-12)16-18(23(25)26)14-11-7-6-10-13(14)17(21-20)19(16)24(27)28;1-12(2)10(11)8-9-6-4-3-5-7-9/h3-11,15-17,19H,1-2H3;3-7,11H,8H2,1-2H3/q-1;/p+1. The molecule has 2 aliphatic rings. The third kappa shape index (κ3) is 5.66. The Balaban J connectivity index is 0.000000259. The van der Waals surface area contributed by atoms with Gasteiger partial charge in [-0.25, -0.2) is 0 Å². The molecule has 5 rings (SSSR count). The first-order chi connectivity index (χ1) is 19.1. The predicted octanol–water partition coefficient (Wildman–Crippen LogP) is 3.42. The van der Waals surface area contributed by atoms with E-state index in [0.29, 0.717) is 17.0 Å². The van der Waals surface area contributed by atoms with Gasteiger partial charge in [0.25, 0.3) is 6.04 Å². The molecule has 10 heteroatoms. The first-order valence-electron chi connectivity index (χ1n) is 13.0. The molecule has 1 heterocycles. The van der Waals surface area contributed by atoms with Crippen LogP contribution in [0.25, 0.3) is 0 Å². The van der Waals surface area contributed by atoms with E-state index in [4.69, 9.17) is 10.7 Å². The summed E-state index contributed by atoms with van der Waals surface area (Å²) in [5.74, 6) is 0.0214. The SMILES string of the molecule is CN(C)C1=NC2c3ccccc3C(=[N+]([O-])[O-])C(C1c1ccccc1)C2[N+](=O)[O-].C[N+](C)=C(N)Cc1ccccc1. The number of hydrogen-bond donors (Lipinski definition) is 1. The molecule has 0 aromatic heterocycles. The van der Waals surface area contributed by atoms with Gasteiger partial charge in [-0.3, -0.25) is 25.4 Å². The lowest BCUT2D eigenvalue weighted by Gasteiger charge is -2.42. The zero-order valence-electron chi connectivity index (χ0n) is 23.0. The highest BCUT2D eigenvalue weighted by Gasteiger charge is 2.59. The van der Waals surface area contributed by atoms with Crippen LogP contribution in [0.5, 0.6) is 0 Å². The summed E-state index contributed by atoms with van der Waals surface area (Å²) in [6, 6.07) is 24.3. The summed E-state index contributed by atoms with van der Waals surface area (Å²) >= 11 is 0. The lowest BCUT2D eigenvalue weighted by molar-refractivity contribution is -0.536. The maximum absolute atomic E-state index is 12.1. The Hall–Kier alpha value is -4.73. The first-order valence-corrected chi connectivity index (χ1v) is 13.0. The molecule has 0 amide bonds. The Labute approximate surface area is 233 Å². The van der Waals surface area contributed by atoms with Gasteiger partial charge in [0.05, 0.1) is 26.4 Å². The third-order valence-corrected chi connectivity index (χ3v) is 7.33. The number of benzene rings is 3. The Morgan fingerprint density at radius 1 is 0.900 bits per heavy atom. The number of hydrogen-bond acceptors (Lipinski definition) is 6. The molecule has 10 nitrogen and oxygen atoms in total. The second-order valence-corrected chi connectivity index (χ2v) is 10.3. The normalized spacial score (nSPS) is 20.7. The molecule has 0 saturated carbocycles. The molecule has 208 valence electrons. The summed E-state index contributed by atoms with van der Waals surface area (Å²) in [7, 11) is 7.54. The van der Waals surface area contributed by atoms with Gasteiger partial charge in [-0.15, -0.1) is 0 Å². The van der Waals surface area contributed by atoms with Crippen molar-refractivity contribution in [3.05, 3.63) is 128 Å².